The Labute approximate surface area is 268 Å². The summed E-state index contributed by atoms with van der Waals surface area (Å²) >= 11 is 0. The van der Waals surface area contributed by atoms with Gasteiger partial charge in [-0.05, 0) is 77.4 Å². The molecule has 10 aromatic rings. The molecular weight excluding hydrogens is 576 g/mol. The average molecular weight is 601 g/mol. The smallest absolute Gasteiger partial charge is 0.159 e. The number of rotatable bonds is 3. The van der Waals surface area contributed by atoms with Crippen molar-refractivity contribution in [1.29, 1.82) is 5.26 Å². The van der Waals surface area contributed by atoms with Crippen molar-refractivity contribution in [1.82, 2.24) is 4.57 Å². The Hall–Kier alpha value is -6.57. The van der Waals surface area contributed by atoms with Gasteiger partial charge in [0.05, 0.1) is 28.4 Å². The Morgan fingerprint density at radius 2 is 1.19 bits per heavy atom. The summed E-state index contributed by atoms with van der Waals surface area (Å²) in [6.07, 6.45) is 0. The highest BCUT2D eigenvalue weighted by atomic mass is 16.3. The van der Waals surface area contributed by atoms with E-state index in [4.69, 9.17) is 8.83 Å². The third-order valence-electron chi connectivity index (χ3n) is 9.41. The lowest BCUT2D eigenvalue weighted by atomic mass is 9.95. The van der Waals surface area contributed by atoms with Crippen molar-refractivity contribution in [3.05, 3.63) is 151 Å². The van der Waals surface area contributed by atoms with Gasteiger partial charge in [-0.1, -0.05) is 84.9 Å². The number of furan rings is 2. The number of benzene rings is 7. The van der Waals surface area contributed by atoms with Crippen LogP contribution < -0.4 is 0 Å². The molecule has 3 heterocycles. The number of aromatic nitrogens is 1. The van der Waals surface area contributed by atoms with E-state index in [2.05, 4.69) is 114 Å². The largest absolute Gasteiger partial charge is 0.456 e. The molecule has 47 heavy (non-hydrogen) atoms. The SMILES string of the molecule is N#Cc1ccc2c(c1)c1ccccc1n2-c1cccc2c1oc1c(-c3ccccc3)cc(-c3ccc4oc5ccccc5c4c3)cc12. The highest BCUT2D eigenvalue weighted by Gasteiger charge is 2.21. The molecule has 0 N–H and O–H groups in total. The van der Waals surface area contributed by atoms with Crippen molar-refractivity contribution in [3.63, 3.8) is 0 Å². The Kier molecular flexibility index (Phi) is 5.32. The summed E-state index contributed by atoms with van der Waals surface area (Å²) in [7, 11) is 0. The van der Waals surface area contributed by atoms with Gasteiger partial charge in [-0.15, -0.1) is 0 Å². The molecule has 0 aliphatic heterocycles. The normalized spacial score (nSPS) is 11.8. The monoisotopic (exact) mass is 600 g/mol. The molecule has 10 rings (SSSR count). The number of hydrogen-bond acceptors (Lipinski definition) is 3. The second-order valence-corrected chi connectivity index (χ2v) is 12.0. The highest BCUT2D eigenvalue weighted by Crippen LogP contribution is 2.43. The van der Waals surface area contributed by atoms with Crippen molar-refractivity contribution >= 4 is 65.7 Å². The van der Waals surface area contributed by atoms with Crippen LogP contribution >= 0.6 is 0 Å². The van der Waals surface area contributed by atoms with Gasteiger partial charge in [-0.25, -0.2) is 0 Å². The minimum absolute atomic E-state index is 0.643. The van der Waals surface area contributed by atoms with Gasteiger partial charge in [0.15, 0.2) is 5.58 Å². The van der Waals surface area contributed by atoms with Gasteiger partial charge in [0.2, 0.25) is 0 Å². The molecule has 0 aliphatic carbocycles. The first kappa shape index (κ1) is 25.7. The molecular formula is C43H24N2O2. The summed E-state index contributed by atoms with van der Waals surface area (Å²) < 4.78 is 15.4. The number of hydrogen-bond donors (Lipinski definition) is 0. The van der Waals surface area contributed by atoms with Crippen LogP contribution in [0, 0.1) is 11.3 Å². The Morgan fingerprint density at radius 3 is 2.09 bits per heavy atom. The zero-order valence-electron chi connectivity index (χ0n) is 25.1. The number of nitriles is 1. The fourth-order valence-electron chi connectivity index (χ4n) is 7.27. The molecule has 0 atom stereocenters. The summed E-state index contributed by atoms with van der Waals surface area (Å²) in [4.78, 5) is 0. The summed E-state index contributed by atoms with van der Waals surface area (Å²) in [5, 5.41) is 16.1. The third-order valence-corrected chi connectivity index (χ3v) is 9.41. The molecule has 218 valence electrons. The first-order valence-corrected chi connectivity index (χ1v) is 15.7. The van der Waals surface area contributed by atoms with Crippen LogP contribution in [0.3, 0.4) is 0 Å². The minimum atomic E-state index is 0.643. The molecule has 0 unspecified atom stereocenters. The molecule has 0 amide bonds. The molecule has 0 fully saturated rings. The fraction of sp³-hybridized carbons (Fsp3) is 0. The lowest BCUT2D eigenvalue weighted by molar-refractivity contribution is 0.667. The second kappa shape index (κ2) is 9.71. The predicted octanol–water partition coefficient (Wildman–Crippen LogP) is 11.8. The molecule has 0 spiro atoms. The van der Waals surface area contributed by atoms with E-state index in [1.54, 1.807) is 0 Å². The topological polar surface area (TPSA) is 55.0 Å². The van der Waals surface area contributed by atoms with Crippen LogP contribution in [0.2, 0.25) is 0 Å². The maximum atomic E-state index is 9.65. The lowest BCUT2D eigenvalue weighted by Crippen LogP contribution is -1.94. The molecule has 3 aromatic heterocycles. The predicted molar refractivity (Wildman–Crippen MR) is 191 cm³/mol. The molecule has 4 heteroatoms. The zero-order valence-corrected chi connectivity index (χ0v) is 25.1. The van der Waals surface area contributed by atoms with Gasteiger partial charge in [-0.3, -0.25) is 0 Å². The molecule has 0 bridgehead atoms. The van der Waals surface area contributed by atoms with Gasteiger partial charge in [-0.2, -0.15) is 5.26 Å². The lowest BCUT2D eigenvalue weighted by Gasteiger charge is -2.08. The first-order valence-electron chi connectivity index (χ1n) is 15.7. The molecule has 7 aromatic carbocycles. The van der Waals surface area contributed by atoms with Gasteiger partial charge in [0, 0.05) is 37.9 Å². The van der Waals surface area contributed by atoms with Gasteiger partial charge < -0.3 is 13.4 Å². The second-order valence-electron chi connectivity index (χ2n) is 12.0. The van der Waals surface area contributed by atoms with Crippen LogP contribution in [-0.2, 0) is 0 Å². The number of nitrogens with zero attached hydrogens (tertiary/aromatic N) is 2. The van der Waals surface area contributed by atoms with E-state index in [9.17, 15) is 5.26 Å². The summed E-state index contributed by atoms with van der Waals surface area (Å²) in [5.41, 5.74) is 11.5. The number of para-hydroxylation sites is 3. The van der Waals surface area contributed by atoms with E-state index in [-0.39, 0.29) is 0 Å². The van der Waals surface area contributed by atoms with Gasteiger partial charge >= 0.3 is 0 Å². The van der Waals surface area contributed by atoms with Crippen molar-refractivity contribution in [3.8, 4) is 34.0 Å². The van der Waals surface area contributed by atoms with Crippen LogP contribution in [-0.4, -0.2) is 4.57 Å². The third kappa shape index (κ3) is 3.75. The standard InChI is InChI=1S/C43H24N2O2/c44-25-26-17-19-38-34(21-26)30-11-4-6-14-37(30)45(38)39-15-8-13-32-36-24-29(23-33(42(36)47-43(32)39)27-9-2-1-3-10-27)28-18-20-41-35(22-28)31-12-5-7-16-40(31)46-41/h1-24H. The summed E-state index contributed by atoms with van der Waals surface area (Å²) in [6, 6.07) is 52.5. The van der Waals surface area contributed by atoms with E-state index in [0.717, 1.165) is 93.6 Å². The molecule has 0 saturated carbocycles. The van der Waals surface area contributed by atoms with Crippen molar-refractivity contribution in [2.75, 3.05) is 0 Å². The van der Waals surface area contributed by atoms with Crippen molar-refractivity contribution in [2.24, 2.45) is 0 Å². The summed E-state index contributed by atoms with van der Waals surface area (Å²) in [5.74, 6) is 0. The highest BCUT2D eigenvalue weighted by molar-refractivity contribution is 6.16. The maximum Gasteiger partial charge on any atom is 0.159 e. The van der Waals surface area contributed by atoms with E-state index in [1.807, 2.05) is 42.5 Å². The van der Waals surface area contributed by atoms with Crippen LogP contribution in [0.4, 0.5) is 0 Å². The quantitative estimate of drug-likeness (QED) is 0.203. The van der Waals surface area contributed by atoms with Crippen LogP contribution in [0.1, 0.15) is 5.56 Å². The number of fused-ring (bicyclic) bond motifs is 9. The van der Waals surface area contributed by atoms with E-state index in [0.29, 0.717) is 5.56 Å². The van der Waals surface area contributed by atoms with Crippen LogP contribution in [0.25, 0.3) is 93.6 Å². The Bertz CT molecular complexity index is 2920. The maximum absolute atomic E-state index is 9.65. The first-order chi connectivity index (χ1) is 23.2. The van der Waals surface area contributed by atoms with Crippen LogP contribution in [0.5, 0.6) is 0 Å². The zero-order chi connectivity index (χ0) is 31.1. The minimum Gasteiger partial charge on any atom is -0.456 e. The van der Waals surface area contributed by atoms with E-state index < -0.39 is 0 Å². The van der Waals surface area contributed by atoms with Crippen molar-refractivity contribution in [2.45, 2.75) is 0 Å². The van der Waals surface area contributed by atoms with Gasteiger partial charge in [0.25, 0.3) is 0 Å². The van der Waals surface area contributed by atoms with E-state index >= 15 is 0 Å². The fourth-order valence-corrected chi connectivity index (χ4v) is 7.27. The van der Waals surface area contributed by atoms with Crippen LogP contribution in [0.15, 0.2) is 154 Å². The summed E-state index contributed by atoms with van der Waals surface area (Å²) in [6.45, 7) is 0. The van der Waals surface area contributed by atoms with E-state index in [1.165, 1.54) is 0 Å². The average Bonchev–Trinajstić information content (AvgIpc) is 3.80. The van der Waals surface area contributed by atoms with Crippen molar-refractivity contribution < 1.29 is 8.83 Å². The Morgan fingerprint density at radius 1 is 0.447 bits per heavy atom. The van der Waals surface area contributed by atoms with Gasteiger partial charge in [0.1, 0.15) is 16.7 Å². The molecule has 0 saturated heterocycles. The Balaban J connectivity index is 1.28. The molecule has 0 radical (unpaired) electrons. The molecule has 0 aliphatic rings. The molecule has 4 nitrogen and oxygen atoms in total.